The second-order valence-electron chi connectivity index (χ2n) is 6.17. The molecular weight excluding hydrogens is 400 g/mol. The molecule has 0 saturated carbocycles. The number of hydrogen-bond acceptors (Lipinski definition) is 4. The van der Waals surface area contributed by atoms with E-state index in [4.69, 9.17) is 10.2 Å². The van der Waals surface area contributed by atoms with E-state index < -0.39 is 32.4 Å². The first-order valence-electron chi connectivity index (χ1n) is 8.86. The Morgan fingerprint density at radius 3 is 2.04 bits per heavy atom. The molecule has 2 aromatic carbocycles. The SMILES string of the molecule is O=C(O)c1ccccc1CCCCCC[S+]([O-])[S+]([O-])c1ccccc1C(=O)O. The van der Waals surface area contributed by atoms with E-state index in [2.05, 4.69) is 0 Å². The molecule has 0 spiro atoms. The van der Waals surface area contributed by atoms with Gasteiger partial charge >= 0.3 is 11.9 Å². The maximum absolute atomic E-state index is 12.4. The fourth-order valence-corrected chi connectivity index (χ4v) is 5.96. The summed E-state index contributed by atoms with van der Waals surface area (Å²) in [5.41, 5.74) is 1.02. The van der Waals surface area contributed by atoms with Gasteiger partial charge in [-0.25, -0.2) is 9.59 Å². The Labute approximate surface area is 169 Å². The number of unbranched alkanes of at least 4 members (excludes halogenated alkanes) is 3. The Hall–Kier alpha value is -2.00. The second-order valence-corrected chi connectivity index (χ2v) is 10.1. The highest BCUT2D eigenvalue weighted by Gasteiger charge is 2.32. The van der Waals surface area contributed by atoms with Crippen LogP contribution in [-0.4, -0.2) is 37.0 Å². The Bertz CT molecular complexity index is 811. The van der Waals surface area contributed by atoms with E-state index in [-0.39, 0.29) is 16.2 Å². The van der Waals surface area contributed by atoms with Crippen molar-refractivity contribution in [2.24, 2.45) is 0 Å². The van der Waals surface area contributed by atoms with Gasteiger partial charge in [0.1, 0.15) is 5.56 Å². The molecule has 150 valence electrons. The van der Waals surface area contributed by atoms with Crippen LogP contribution in [0.4, 0.5) is 0 Å². The van der Waals surface area contributed by atoms with Gasteiger partial charge in [-0.2, -0.15) is 0 Å². The number of carboxylic acids is 2. The van der Waals surface area contributed by atoms with Gasteiger partial charge in [0, 0.05) is 0 Å². The minimum atomic E-state index is -1.88. The first kappa shape index (κ1) is 22.3. The first-order chi connectivity index (χ1) is 13.4. The van der Waals surface area contributed by atoms with Gasteiger partial charge in [-0.05, 0) is 49.4 Å². The van der Waals surface area contributed by atoms with Gasteiger partial charge in [-0.3, -0.25) is 0 Å². The van der Waals surface area contributed by atoms with Gasteiger partial charge in [-0.15, -0.1) is 0 Å². The van der Waals surface area contributed by atoms with Gasteiger partial charge < -0.3 is 19.3 Å². The molecular formula is C20H22O6S2. The summed E-state index contributed by atoms with van der Waals surface area (Å²) in [6.07, 6.45) is 3.68. The van der Waals surface area contributed by atoms with Crippen molar-refractivity contribution in [3.63, 3.8) is 0 Å². The van der Waals surface area contributed by atoms with Crippen molar-refractivity contribution in [3.05, 3.63) is 65.2 Å². The zero-order chi connectivity index (χ0) is 20.5. The van der Waals surface area contributed by atoms with Crippen LogP contribution in [0.1, 0.15) is 52.0 Å². The van der Waals surface area contributed by atoms with Crippen molar-refractivity contribution in [1.82, 2.24) is 0 Å². The van der Waals surface area contributed by atoms with E-state index >= 15 is 0 Å². The third-order valence-electron chi connectivity index (χ3n) is 4.22. The summed E-state index contributed by atoms with van der Waals surface area (Å²) in [5, 5.41) is 18.3. The first-order valence-corrected chi connectivity index (χ1v) is 11.8. The number of benzene rings is 2. The van der Waals surface area contributed by atoms with Crippen LogP contribution in [0, 0.1) is 0 Å². The fourth-order valence-electron chi connectivity index (χ4n) is 2.80. The molecule has 0 saturated heterocycles. The molecule has 28 heavy (non-hydrogen) atoms. The lowest BCUT2D eigenvalue weighted by atomic mass is 10.0. The topological polar surface area (TPSA) is 121 Å². The van der Waals surface area contributed by atoms with Crippen LogP contribution < -0.4 is 0 Å². The monoisotopic (exact) mass is 422 g/mol. The van der Waals surface area contributed by atoms with E-state index in [1.54, 1.807) is 18.2 Å². The third kappa shape index (κ3) is 6.27. The number of aryl methyl sites for hydroxylation is 1. The molecule has 2 atom stereocenters. The van der Waals surface area contributed by atoms with Crippen molar-refractivity contribution in [2.45, 2.75) is 37.0 Å². The largest absolute Gasteiger partial charge is 0.571 e. The molecule has 0 aliphatic carbocycles. The summed E-state index contributed by atoms with van der Waals surface area (Å²) in [6.45, 7) is 0. The fraction of sp³-hybridized carbons (Fsp3) is 0.300. The molecule has 0 bridgehead atoms. The van der Waals surface area contributed by atoms with Crippen molar-refractivity contribution in [3.8, 4) is 0 Å². The molecule has 0 fully saturated rings. The standard InChI is InChI=1S/C20H22O6S2/c21-19(22)16-11-5-4-10-15(16)9-3-1-2-8-14-27(25)28(26)18-13-7-6-12-17(18)20(23)24/h4-7,10-13H,1-3,8-9,14H2,(H,21,22)(H,23,24). The summed E-state index contributed by atoms with van der Waals surface area (Å²) in [6, 6.07) is 12.8. The molecule has 6 nitrogen and oxygen atoms in total. The molecule has 0 radical (unpaired) electrons. The average molecular weight is 423 g/mol. The molecule has 0 amide bonds. The molecule has 2 N–H and O–H groups in total. The van der Waals surface area contributed by atoms with Crippen molar-refractivity contribution < 1.29 is 28.9 Å². The maximum atomic E-state index is 12.4. The highest BCUT2D eigenvalue weighted by atomic mass is 33.2. The normalized spacial score (nSPS) is 13.1. The summed E-state index contributed by atoms with van der Waals surface area (Å²) in [4.78, 5) is 22.5. The third-order valence-corrected chi connectivity index (χ3v) is 7.95. The lowest BCUT2D eigenvalue weighted by molar-refractivity contribution is 0.0683. The van der Waals surface area contributed by atoms with Gasteiger partial charge in [0.15, 0.2) is 16.0 Å². The summed E-state index contributed by atoms with van der Waals surface area (Å²) in [5.74, 6) is -1.90. The lowest BCUT2D eigenvalue weighted by Crippen LogP contribution is -2.21. The zero-order valence-corrected chi connectivity index (χ0v) is 16.8. The summed E-state index contributed by atoms with van der Waals surface area (Å²) >= 11 is 0. The summed E-state index contributed by atoms with van der Waals surface area (Å²) in [7, 11) is -3.54. The predicted molar refractivity (Wildman–Crippen MR) is 108 cm³/mol. The molecule has 2 unspecified atom stereocenters. The van der Waals surface area contributed by atoms with E-state index in [1.807, 2.05) is 12.1 Å². The Kier molecular flexibility index (Phi) is 8.85. The van der Waals surface area contributed by atoms with Crippen molar-refractivity contribution >= 4 is 32.4 Å². The van der Waals surface area contributed by atoms with Crippen LogP contribution in [0.25, 0.3) is 0 Å². The predicted octanol–water partition coefficient (Wildman–Crippen LogP) is 3.66. The Morgan fingerprint density at radius 2 is 1.36 bits per heavy atom. The molecule has 8 heteroatoms. The van der Waals surface area contributed by atoms with Crippen molar-refractivity contribution in [2.75, 3.05) is 5.75 Å². The molecule has 0 heterocycles. The molecule has 2 rings (SSSR count). The smallest absolute Gasteiger partial charge is 0.341 e. The average Bonchev–Trinajstić information content (AvgIpc) is 2.69. The lowest BCUT2D eigenvalue weighted by Gasteiger charge is -2.13. The highest BCUT2D eigenvalue weighted by Crippen LogP contribution is 2.23. The number of rotatable bonds is 11. The van der Waals surface area contributed by atoms with E-state index in [1.165, 1.54) is 18.2 Å². The molecule has 2 aromatic rings. The van der Waals surface area contributed by atoms with E-state index in [9.17, 15) is 18.7 Å². The van der Waals surface area contributed by atoms with Crippen LogP contribution in [0.3, 0.4) is 0 Å². The van der Waals surface area contributed by atoms with Crippen LogP contribution in [0.5, 0.6) is 0 Å². The van der Waals surface area contributed by atoms with Gasteiger partial charge in [-0.1, -0.05) is 36.8 Å². The van der Waals surface area contributed by atoms with Crippen LogP contribution in [0.2, 0.25) is 0 Å². The number of aromatic carboxylic acids is 2. The molecule has 0 aliphatic heterocycles. The Balaban J connectivity index is 1.75. The van der Waals surface area contributed by atoms with Crippen LogP contribution >= 0.6 is 0 Å². The quantitative estimate of drug-likeness (QED) is 0.324. The number of carbonyl (C=O) groups is 2. The summed E-state index contributed by atoms with van der Waals surface area (Å²) < 4.78 is 24.6. The van der Waals surface area contributed by atoms with Gasteiger partial charge in [0.2, 0.25) is 15.1 Å². The number of hydrogen-bond donors (Lipinski definition) is 2. The Morgan fingerprint density at radius 1 is 0.786 bits per heavy atom. The zero-order valence-electron chi connectivity index (χ0n) is 15.2. The van der Waals surface area contributed by atoms with Gasteiger partial charge in [0.05, 0.1) is 5.56 Å². The second kappa shape index (κ2) is 11.1. The highest BCUT2D eigenvalue weighted by molar-refractivity contribution is 8.67. The van der Waals surface area contributed by atoms with Crippen molar-refractivity contribution in [1.29, 1.82) is 0 Å². The van der Waals surface area contributed by atoms with E-state index in [0.29, 0.717) is 18.4 Å². The van der Waals surface area contributed by atoms with Crippen LogP contribution in [-0.2, 0) is 26.8 Å². The van der Waals surface area contributed by atoms with E-state index in [0.717, 1.165) is 24.8 Å². The van der Waals surface area contributed by atoms with Gasteiger partial charge in [0.25, 0.3) is 0 Å². The van der Waals surface area contributed by atoms with Crippen LogP contribution in [0.15, 0.2) is 53.4 Å². The minimum absolute atomic E-state index is 0.0820. The maximum Gasteiger partial charge on any atom is 0.341 e. The molecule has 0 aliphatic rings. The number of carboxylic acid groups (broad SMARTS) is 2. The minimum Gasteiger partial charge on any atom is -0.571 e. The molecule has 0 aromatic heterocycles.